The monoisotopic (exact) mass is 486 g/mol. The van der Waals surface area contributed by atoms with E-state index in [2.05, 4.69) is 15.5 Å². The molecule has 2 aliphatic heterocycles. The molecule has 1 aromatic heterocycles. The molecule has 0 spiro atoms. The lowest BCUT2D eigenvalue weighted by atomic mass is 9.90. The van der Waals surface area contributed by atoms with Gasteiger partial charge >= 0.3 is 6.03 Å². The Labute approximate surface area is 196 Å². The molecule has 0 N–H and O–H groups in total. The van der Waals surface area contributed by atoms with Crippen molar-refractivity contribution >= 4 is 27.5 Å². The van der Waals surface area contributed by atoms with Crippen molar-refractivity contribution in [3.63, 3.8) is 0 Å². The molecule has 2 fully saturated rings. The smallest absolute Gasteiger partial charge is 0.320 e. The quantitative estimate of drug-likeness (QED) is 0.562. The minimum atomic E-state index is -3.41. The summed E-state index contributed by atoms with van der Waals surface area (Å²) in [6.45, 7) is 2.64. The topological polar surface area (TPSA) is 101 Å². The summed E-state index contributed by atoms with van der Waals surface area (Å²) in [5, 5.41) is 11.7. The average molecular weight is 487 g/mol. The maximum Gasteiger partial charge on any atom is 0.320 e. The van der Waals surface area contributed by atoms with Crippen LogP contribution in [0.5, 0.6) is 0 Å². The van der Waals surface area contributed by atoms with Crippen LogP contribution >= 0.6 is 11.6 Å². The molecule has 33 heavy (non-hydrogen) atoms. The Morgan fingerprint density at radius 2 is 1.82 bits per heavy atom. The molecule has 0 saturated carbocycles. The second-order valence-corrected chi connectivity index (χ2v) is 11.0. The molecule has 3 heterocycles. The van der Waals surface area contributed by atoms with Gasteiger partial charge in [0.1, 0.15) is 6.33 Å². The Balaban J connectivity index is 1.22. The van der Waals surface area contributed by atoms with E-state index in [1.54, 1.807) is 23.1 Å². The summed E-state index contributed by atoms with van der Waals surface area (Å²) in [5.41, 5.74) is 2.57. The average Bonchev–Trinajstić information content (AvgIpc) is 3.44. The van der Waals surface area contributed by atoms with Crippen molar-refractivity contribution in [2.45, 2.75) is 23.3 Å². The van der Waals surface area contributed by atoms with Crippen molar-refractivity contribution in [2.24, 2.45) is 0 Å². The van der Waals surface area contributed by atoms with Crippen LogP contribution in [-0.2, 0) is 9.84 Å². The van der Waals surface area contributed by atoms with Crippen molar-refractivity contribution in [3.05, 3.63) is 59.4 Å². The van der Waals surface area contributed by atoms with Crippen LogP contribution in [0.2, 0.25) is 5.02 Å². The van der Waals surface area contributed by atoms with Crippen molar-refractivity contribution in [2.75, 3.05) is 32.4 Å². The summed E-state index contributed by atoms with van der Waals surface area (Å²) in [6.07, 6.45) is 3.61. The highest BCUT2D eigenvalue weighted by Gasteiger charge is 2.37. The van der Waals surface area contributed by atoms with Crippen LogP contribution in [0.4, 0.5) is 4.79 Å². The van der Waals surface area contributed by atoms with Gasteiger partial charge in [0.05, 0.1) is 10.9 Å². The fourth-order valence-electron chi connectivity index (χ4n) is 4.49. The predicted octanol–water partition coefficient (Wildman–Crippen LogP) is 2.86. The summed E-state index contributed by atoms with van der Waals surface area (Å²) < 4.78 is 26.1. The normalized spacial score (nSPS) is 19.0. The Bertz CT molecular complexity index is 1270. The zero-order chi connectivity index (χ0) is 23.2. The van der Waals surface area contributed by atoms with E-state index in [-0.39, 0.29) is 22.9 Å². The van der Waals surface area contributed by atoms with Gasteiger partial charge in [-0.2, -0.15) is 0 Å². The standard InChI is InChI=1S/C22H23ClN6O3S/c1-33(31,32)21-10-18(23)6-7-20(21)16-4-2-15(3-5-16)17-11-28(12-17)22(30)27-9-8-19(13-27)29-14-24-25-26-29/h2-7,10,14,17,19H,8-9,11-13H2,1H3/t19-/m0/s1. The molecule has 2 aromatic carbocycles. The lowest BCUT2D eigenvalue weighted by Crippen LogP contribution is -2.53. The van der Waals surface area contributed by atoms with Gasteiger partial charge in [-0.05, 0) is 40.1 Å². The second kappa shape index (κ2) is 8.42. The number of sulfone groups is 1. The van der Waals surface area contributed by atoms with Crippen LogP contribution in [0.25, 0.3) is 11.1 Å². The number of urea groups is 1. The van der Waals surface area contributed by atoms with Gasteiger partial charge in [-0.25, -0.2) is 17.9 Å². The second-order valence-electron chi connectivity index (χ2n) is 8.60. The highest BCUT2D eigenvalue weighted by atomic mass is 35.5. The molecule has 9 nitrogen and oxygen atoms in total. The maximum atomic E-state index is 12.8. The van der Waals surface area contributed by atoms with Crippen LogP contribution in [0.3, 0.4) is 0 Å². The van der Waals surface area contributed by atoms with Crippen LogP contribution < -0.4 is 0 Å². The van der Waals surface area contributed by atoms with Gasteiger partial charge in [-0.3, -0.25) is 0 Å². The summed E-state index contributed by atoms with van der Waals surface area (Å²) in [7, 11) is -3.41. The number of aromatic nitrogens is 4. The predicted molar refractivity (Wildman–Crippen MR) is 123 cm³/mol. The van der Waals surface area contributed by atoms with E-state index in [0.29, 0.717) is 36.8 Å². The van der Waals surface area contributed by atoms with E-state index < -0.39 is 9.84 Å². The Hall–Kier alpha value is -2.98. The molecule has 0 aliphatic carbocycles. The lowest BCUT2D eigenvalue weighted by molar-refractivity contribution is 0.120. The number of benzene rings is 2. The number of nitrogens with zero attached hydrogens (tertiary/aromatic N) is 6. The van der Waals surface area contributed by atoms with Crippen molar-refractivity contribution in [1.29, 1.82) is 0 Å². The molecular formula is C22H23ClN6O3S. The van der Waals surface area contributed by atoms with Crippen LogP contribution in [-0.4, -0.2) is 76.9 Å². The van der Waals surface area contributed by atoms with E-state index in [0.717, 1.165) is 17.5 Å². The number of halogens is 1. The van der Waals surface area contributed by atoms with Gasteiger partial charge in [0.25, 0.3) is 0 Å². The third-order valence-electron chi connectivity index (χ3n) is 6.36. The number of amides is 2. The lowest BCUT2D eigenvalue weighted by Gasteiger charge is -2.41. The largest absolute Gasteiger partial charge is 0.323 e. The third-order valence-corrected chi connectivity index (χ3v) is 7.73. The molecule has 2 saturated heterocycles. The zero-order valence-electron chi connectivity index (χ0n) is 18.0. The van der Waals surface area contributed by atoms with Gasteiger partial charge in [-0.15, -0.1) is 5.10 Å². The van der Waals surface area contributed by atoms with Gasteiger partial charge in [0.15, 0.2) is 9.84 Å². The van der Waals surface area contributed by atoms with Crippen LogP contribution in [0, 0.1) is 0 Å². The molecular weight excluding hydrogens is 464 g/mol. The molecule has 2 aliphatic rings. The highest BCUT2D eigenvalue weighted by Crippen LogP contribution is 2.34. The SMILES string of the molecule is CS(=O)(=O)c1cc(Cl)ccc1-c1ccc(C2CN(C(=O)N3CC[C@H](n4cnnn4)C3)C2)cc1. The molecule has 0 unspecified atom stereocenters. The molecule has 5 rings (SSSR count). The number of hydrogen-bond donors (Lipinski definition) is 0. The number of carbonyl (C=O) groups is 1. The first-order valence-electron chi connectivity index (χ1n) is 10.7. The van der Waals surface area contributed by atoms with Crippen molar-refractivity contribution in [1.82, 2.24) is 30.0 Å². The first kappa shape index (κ1) is 21.8. The number of hydrogen-bond acceptors (Lipinski definition) is 6. The van der Waals surface area contributed by atoms with E-state index in [9.17, 15) is 13.2 Å². The number of likely N-dealkylation sites (tertiary alicyclic amines) is 2. The Kier molecular flexibility index (Phi) is 5.57. The first-order valence-corrected chi connectivity index (χ1v) is 12.9. The number of tetrazole rings is 1. The molecule has 11 heteroatoms. The molecule has 1 atom stereocenters. The Morgan fingerprint density at radius 3 is 2.48 bits per heavy atom. The van der Waals surface area contributed by atoms with Crippen LogP contribution in [0.15, 0.2) is 53.7 Å². The molecule has 172 valence electrons. The fraction of sp³-hybridized carbons (Fsp3) is 0.364. The minimum absolute atomic E-state index is 0.0532. The first-order chi connectivity index (χ1) is 15.8. The molecule has 2 amide bonds. The molecule has 0 radical (unpaired) electrons. The summed E-state index contributed by atoms with van der Waals surface area (Å²) >= 11 is 6.01. The highest BCUT2D eigenvalue weighted by molar-refractivity contribution is 7.90. The van der Waals surface area contributed by atoms with Gasteiger partial charge in [0.2, 0.25) is 0 Å². The summed E-state index contributed by atoms with van der Waals surface area (Å²) in [5.74, 6) is 0.264. The maximum absolute atomic E-state index is 12.8. The molecule has 3 aromatic rings. The van der Waals surface area contributed by atoms with Crippen molar-refractivity contribution in [3.8, 4) is 11.1 Å². The summed E-state index contributed by atoms with van der Waals surface area (Å²) in [6, 6.07) is 12.9. The number of rotatable bonds is 4. The minimum Gasteiger partial charge on any atom is -0.323 e. The van der Waals surface area contributed by atoms with E-state index in [1.807, 2.05) is 34.1 Å². The Morgan fingerprint density at radius 1 is 1.06 bits per heavy atom. The van der Waals surface area contributed by atoms with Crippen LogP contribution in [0.1, 0.15) is 23.9 Å². The molecule has 0 bridgehead atoms. The summed E-state index contributed by atoms with van der Waals surface area (Å²) in [4.78, 5) is 16.8. The van der Waals surface area contributed by atoms with Gasteiger partial charge in [0, 0.05) is 48.9 Å². The van der Waals surface area contributed by atoms with Gasteiger partial charge in [-0.1, -0.05) is 41.9 Å². The van der Waals surface area contributed by atoms with Crippen molar-refractivity contribution < 1.29 is 13.2 Å². The zero-order valence-corrected chi connectivity index (χ0v) is 19.6. The third kappa shape index (κ3) is 4.32. The fourth-order valence-corrected chi connectivity index (χ4v) is 5.65. The van der Waals surface area contributed by atoms with E-state index in [1.165, 1.54) is 12.3 Å². The van der Waals surface area contributed by atoms with E-state index in [4.69, 9.17) is 11.6 Å². The van der Waals surface area contributed by atoms with Gasteiger partial charge < -0.3 is 9.80 Å². The van der Waals surface area contributed by atoms with E-state index >= 15 is 0 Å². The number of carbonyl (C=O) groups excluding carboxylic acids is 1.